The molecule has 0 N–H and O–H groups in total. The van der Waals surface area contributed by atoms with E-state index in [4.69, 9.17) is 12.2 Å². The molecule has 0 saturated carbocycles. The lowest BCUT2D eigenvalue weighted by molar-refractivity contribution is 0.291. The number of hydrogen-bond donors (Lipinski definition) is 1. The lowest BCUT2D eigenvalue weighted by Crippen LogP contribution is -2.39. The van der Waals surface area contributed by atoms with Crippen molar-refractivity contribution in [2.24, 2.45) is 0 Å². The monoisotopic (exact) mass is 163 g/mol. The van der Waals surface area contributed by atoms with Crippen molar-refractivity contribution in [2.75, 3.05) is 7.05 Å². The Morgan fingerprint density at radius 3 is 1.78 bits per heavy atom. The first-order valence-corrected chi connectivity index (χ1v) is 3.68. The SMILES string of the molecule is CN(C(=S)S)C(C)(C)C. The first kappa shape index (κ1) is 9.24. The minimum absolute atomic E-state index is 0.0961. The Hall–Kier alpha value is 0.240. The molecule has 0 aromatic rings. The summed E-state index contributed by atoms with van der Waals surface area (Å²) in [5.74, 6) is 0. The van der Waals surface area contributed by atoms with Gasteiger partial charge in [-0.05, 0) is 20.8 Å². The molecule has 0 bridgehead atoms. The molecule has 0 radical (unpaired) electrons. The standard InChI is InChI=1S/C6H13NS2/c1-6(2,3)7(4)5(8)9/h1-4H3,(H,8,9). The van der Waals surface area contributed by atoms with E-state index in [1.54, 1.807) is 0 Å². The van der Waals surface area contributed by atoms with E-state index in [0.717, 1.165) is 0 Å². The van der Waals surface area contributed by atoms with Crippen LogP contribution < -0.4 is 0 Å². The van der Waals surface area contributed by atoms with Crippen molar-refractivity contribution in [2.45, 2.75) is 26.3 Å². The normalized spacial score (nSPS) is 11.2. The fraction of sp³-hybridized carbons (Fsp3) is 0.833. The average Bonchev–Trinajstić information content (AvgIpc) is 1.62. The topological polar surface area (TPSA) is 3.24 Å². The highest BCUT2D eigenvalue weighted by atomic mass is 32.1. The van der Waals surface area contributed by atoms with Crippen molar-refractivity contribution in [3.63, 3.8) is 0 Å². The quantitative estimate of drug-likeness (QED) is 0.429. The fourth-order valence-electron chi connectivity index (χ4n) is 0.287. The van der Waals surface area contributed by atoms with Gasteiger partial charge in [0, 0.05) is 12.6 Å². The molecule has 0 aliphatic carbocycles. The molecule has 0 atom stereocenters. The summed E-state index contributed by atoms with van der Waals surface area (Å²) in [4.78, 5) is 1.95. The van der Waals surface area contributed by atoms with E-state index >= 15 is 0 Å². The Morgan fingerprint density at radius 2 is 1.78 bits per heavy atom. The van der Waals surface area contributed by atoms with Gasteiger partial charge in [-0.15, -0.1) is 12.6 Å². The van der Waals surface area contributed by atoms with Crippen LogP contribution in [0.25, 0.3) is 0 Å². The van der Waals surface area contributed by atoms with E-state index in [9.17, 15) is 0 Å². The van der Waals surface area contributed by atoms with Gasteiger partial charge < -0.3 is 4.90 Å². The van der Waals surface area contributed by atoms with E-state index in [-0.39, 0.29) is 5.54 Å². The molecule has 0 heterocycles. The van der Waals surface area contributed by atoms with Crippen LogP contribution in [0.1, 0.15) is 20.8 Å². The molecule has 0 aromatic heterocycles. The lowest BCUT2D eigenvalue weighted by atomic mass is 10.1. The van der Waals surface area contributed by atoms with Crippen LogP contribution in [0.2, 0.25) is 0 Å². The zero-order valence-electron chi connectivity index (χ0n) is 6.30. The third-order valence-corrected chi connectivity index (χ3v) is 1.87. The van der Waals surface area contributed by atoms with Gasteiger partial charge in [-0.3, -0.25) is 0 Å². The Balaban J connectivity index is 4.04. The molecule has 0 fully saturated rings. The molecular formula is C6H13NS2. The van der Waals surface area contributed by atoms with Gasteiger partial charge in [-0.1, -0.05) is 12.2 Å². The van der Waals surface area contributed by atoms with Crippen LogP contribution in [0.5, 0.6) is 0 Å². The van der Waals surface area contributed by atoms with E-state index in [2.05, 4.69) is 33.4 Å². The molecule has 1 nitrogen and oxygen atoms in total. The van der Waals surface area contributed by atoms with Crippen molar-refractivity contribution in [1.82, 2.24) is 4.90 Å². The Morgan fingerprint density at radius 1 is 1.44 bits per heavy atom. The van der Waals surface area contributed by atoms with Gasteiger partial charge in [-0.25, -0.2) is 0 Å². The molecule has 0 unspecified atom stereocenters. The van der Waals surface area contributed by atoms with Gasteiger partial charge in [-0.2, -0.15) is 0 Å². The Kier molecular flexibility index (Phi) is 2.96. The molecule has 0 aromatic carbocycles. The highest BCUT2D eigenvalue weighted by molar-refractivity contribution is 8.10. The molecule has 0 rings (SSSR count). The maximum atomic E-state index is 4.86. The van der Waals surface area contributed by atoms with Gasteiger partial charge in [0.05, 0.1) is 0 Å². The first-order chi connectivity index (χ1) is 3.85. The van der Waals surface area contributed by atoms with E-state index in [0.29, 0.717) is 4.32 Å². The molecule has 0 aliphatic rings. The second-order valence-corrected chi connectivity index (χ2v) is 4.13. The Labute approximate surface area is 67.8 Å². The summed E-state index contributed by atoms with van der Waals surface area (Å²) in [5, 5.41) is 0. The van der Waals surface area contributed by atoms with Gasteiger partial charge in [0.15, 0.2) is 0 Å². The number of thiol groups is 1. The van der Waals surface area contributed by atoms with Crippen LogP contribution in [0.15, 0.2) is 0 Å². The van der Waals surface area contributed by atoms with Crippen molar-refractivity contribution < 1.29 is 0 Å². The number of nitrogens with zero attached hydrogens (tertiary/aromatic N) is 1. The summed E-state index contributed by atoms with van der Waals surface area (Å²) >= 11 is 8.90. The van der Waals surface area contributed by atoms with Crippen molar-refractivity contribution in [3.8, 4) is 0 Å². The van der Waals surface area contributed by atoms with Crippen molar-refractivity contribution >= 4 is 29.2 Å². The van der Waals surface area contributed by atoms with E-state index in [1.807, 2.05) is 11.9 Å². The summed E-state index contributed by atoms with van der Waals surface area (Å²) in [7, 11) is 1.94. The second kappa shape index (κ2) is 2.88. The van der Waals surface area contributed by atoms with Crippen molar-refractivity contribution in [3.05, 3.63) is 0 Å². The third kappa shape index (κ3) is 3.06. The van der Waals surface area contributed by atoms with Crippen LogP contribution in [0, 0.1) is 0 Å². The molecule has 0 spiro atoms. The summed E-state index contributed by atoms with van der Waals surface area (Å²) in [6.45, 7) is 6.28. The summed E-state index contributed by atoms with van der Waals surface area (Å²) in [6, 6.07) is 0. The summed E-state index contributed by atoms with van der Waals surface area (Å²) in [5.41, 5.74) is 0.0961. The van der Waals surface area contributed by atoms with Gasteiger partial charge >= 0.3 is 0 Å². The zero-order chi connectivity index (χ0) is 7.65. The predicted molar refractivity (Wildman–Crippen MR) is 49.1 cm³/mol. The van der Waals surface area contributed by atoms with Crippen LogP contribution >= 0.6 is 24.8 Å². The van der Waals surface area contributed by atoms with Crippen LogP contribution in [0.4, 0.5) is 0 Å². The molecule has 3 heteroatoms. The summed E-state index contributed by atoms with van der Waals surface area (Å²) in [6.07, 6.45) is 0. The highest BCUT2D eigenvalue weighted by Gasteiger charge is 2.16. The highest BCUT2D eigenvalue weighted by Crippen LogP contribution is 2.12. The van der Waals surface area contributed by atoms with Crippen LogP contribution in [-0.4, -0.2) is 21.8 Å². The first-order valence-electron chi connectivity index (χ1n) is 2.82. The molecular weight excluding hydrogens is 150 g/mol. The molecule has 54 valence electrons. The third-order valence-electron chi connectivity index (χ3n) is 1.29. The molecule has 9 heavy (non-hydrogen) atoms. The molecule has 0 saturated heterocycles. The molecule has 0 amide bonds. The lowest BCUT2D eigenvalue weighted by Gasteiger charge is -2.32. The number of hydrogen-bond acceptors (Lipinski definition) is 1. The van der Waals surface area contributed by atoms with Gasteiger partial charge in [0.1, 0.15) is 4.32 Å². The maximum Gasteiger partial charge on any atom is 0.133 e. The predicted octanol–water partition coefficient (Wildman–Crippen LogP) is 1.93. The molecule has 0 aliphatic heterocycles. The fourth-order valence-corrected chi connectivity index (χ4v) is 0.861. The largest absolute Gasteiger partial charge is 0.356 e. The van der Waals surface area contributed by atoms with Crippen molar-refractivity contribution in [1.29, 1.82) is 0 Å². The zero-order valence-corrected chi connectivity index (χ0v) is 8.01. The average molecular weight is 163 g/mol. The minimum Gasteiger partial charge on any atom is -0.356 e. The van der Waals surface area contributed by atoms with Crippen LogP contribution in [-0.2, 0) is 0 Å². The van der Waals surface area contributed by atoms with Gasteiger partial charge in [0.25, 0.3) is 0 Å². The van der Waals surface area contributed by atoms with Crippen LogP contribution in [0.3, 0.4) is 0 Å². The maximum absolute atomic E-state index is 4.86. The second-order valence-electron chi connectivity index (χ2n) is 3.01. The van der Waals surface area contributed by atoms with E-state index in [1.165, 1.54) is 0 Å². The smallest absolute Gasteiger partial charge is 0.133 e. The Bertz CT molecular complexity index is 115. The number of thiocarbonyl (C=S) groups is 1. The number of rotatable bonds is 0. The van der Waals surface area contributed by atoms with Gasteiger partial charge in [0.2, 0.25) is 0 Å². The summed E-state index contributed by atoms with van der Waals surface area (Å²) < 4.78 is 0.641. The van der Waals surface area contributed by atoms with E-state index < -0.39 is 0 Å². The minimum atomic E-state index is 0.0961.